The minimum Gasteiger partial charge on any atom is -0.431 e. The molecule has 4 nitrogen and oxygen atoms in total. The average molecular weight is 220 g/mol. The van der Waals surface area contributed by atoms with Crippen molar-refractivity contribution >= 4 is 17.3 Å². The van der Waals surface area contributed by atoms with Crippen molar-refractivity contribution in [2.24, 2.45) is 0 Å². The minimum atomic E-state index is -0.430. The van der Waals surface area contributed by atoms with Crippen molar-refractivity contribution in [2.75, 3.05) is 11.1 Å². The molecular formula is C12H16N2O2. The van der Waals surface area contributed by atoms with E-state index in [1.165, 1.54) is 0 Å². The van der Waals surface area contributed by atoms with Crippen molar-refractivity contribution in [1.29, 1.82) is 0 Å². The predicted octanol–water partition coefficient (Wildman–Crippen LogP) is 2.15. The van der Waals surface area contributed by atoms with Crippen LogP contribution in [0.15, 0.2) is 36.6 Å². The van der Waals surface area contributed by atoms with Crippen molar-refractivity contribution in [3.05, 3.63) is 36.6 Å². The Kier molecular flexibility index (Phi) is 3.94. The zero-order chi connectivity index (χ0) is 12.1. The van der Waals surface area contributed by atoms with Crippen molar-refractivity contribution in [2.45, 2.75) is 19.9 Å². The lowest BCUT2D eigenvalue weighted by molar-refractivity contribution is -0.139. The summed E-state index contributed by atoms with van der Waals surface area (Å²) in [6, 6.07) is 6.71. The van der Waals surface area contributed by atoms with E-state index in [0.29, 0.717) is 11.4 Å². The summed E-state index contributed by atoms with van der Waals surface area (Å²) in [6.45, 7) is 6.87. The number of benzene rings is 1. The first-order valence-electron chi connectivity index (χ1n) is 4.98. The van der Waals surface area contributed by atoms with Crippen molar-refractivity contribution < 1.29 is 9.53 Å². The Labute approximate surface area is 95.1 Å². The number of nitrogens with one attached hydrogen (secondary N) is 1. The largest absolute Gasteiger partial charge is 0.431 e. The molecule has 0 amide bonds. The first-order valence-corrected chi connectivity index (χ1v) is 4.98. The van der Waals surface area contributed by atoms with Gasteiger partial charge in [0.05, 0.1) is 5.76 Å². The van der Waals surface area contributed by atoms with E-state index in [0.717, 1.165) is 5.69 Å². The minimum absolute atomic E-state index is 0.357. The van der Waals surface area contributed by atoms with E-state index in [1.54, 1.807) is 38.1 Å². The van der Waals surface area contributed by atoms with E-state index in [1.807, 2.05) is 0 Å². The lowest BCUT2D eigenvalue weighted by Crippen LogP contribution is -2.27. The first-order chi connectivity index (χ1) is 7.49. The SMILES string of the molecule is C=C(C)OC(=O)C(C)Nc1ccc(N)cc1. The zero-order valence-corrected chi connectivity index (χ0v) is 9.49. The topological polar surface area (TPSA) is 64.3 Å². The van der Waals surface area contributed by atoms with Gasteiger partial charge in [-0.15, -0.1) is 0 Å². The van der Waals surface area contributed by atoms with Gasteiger partial charge in [-0.1, -0.05) is 6.58 Å². The Hall–Kier alpha value is -1.97. The molecule has 0 aliphatic carbocycles. The second-order valence-corrected chi connectivity index (χ2v) is 3.61. The quantitative estimate of drug-likeness (QED) is 0.463. The molecule has 86 valence electrons. The number of hydrogen-bond donors (Lipinski definition) is 2. The van der Waals surface area contributed by atoms with Crippen LogP contribution < -0.4 is 11.1 Å². The number of nitrogen functional groups attached to an aromatic ring is 1. The van der Waals surface area contributed by atoms with Gasteiger partial charge in [-0.25, -0.2) is 4.79 Å². The van der Waals surface area contributed by atoms with Gasteiger partial charge in [-0.3, -0.25) is 0 Å². The molecule has 0 fully saturated rings. The fraction of sp³-hybridized carbons (Fsp3) is 0.250. The summed E-state index contributed by atoms with van der Waals surface area (Å²) in [4.78, 5) is 11.5. The molecule has 16 heavy (non-hydrogen) atoms. The van der Waals surface area contributed by atoms with Crippen LogP contribution in [-0.4, -0.2) is 12.0 Å². The van der Waals surface area contributed by atoms with Gasteiger partial charge >= 0.3 is 5.97 Å². The van der Waals surface area contributed by atoms with E-state index in [2.05, 4.69) is 11.9 Å². The number of carbonyl (C=O) groups excluding carboxylic acids is 1. The molecule has 0 spiro atoms. The summed E-state index contributed by atoms with van der Waals surface area (Å²) in [5.74, 6) is 0.0280. The molecule has 0 heterocycles. The highest BCUT2D eigenvalue weighted by atomic mass is 16.5. The number of nitrogens with two attached hydrogens (primary N) is 1. The highest BCUT2D eigenvalue weighted by Gasteiger charge is 2.14. The number of hydrogen-bond acceptors (Lipinski definition) is 4. The number of rotatable bonds is 4. The fourth-order valence-corrected chi connectivity index (χ4v) is 1.15. The normalized spacial score (nSPS) is 11.6. The third-order valence-corrected chi connectivity index (χ3v) is 1.92. The van der Waals surface area contributed by atoms with E-state index < -0.39 is 6.04 Å². The second-order valence-electron chi connectivity index (χ2n) is 3.61. The molecule has 0 aliphatic rings. The van der Waals surface area contributed by atoms with Gasteiger partial charge in [0.15, 0.2) is 0 Å². The monoisotopic (exact) mass is 220 g/mol. The summed E-state index contributed by atoms with van der Waals surface area (Å²) in [5.41, 5.74) is 7.06. The van der Waals surface area contributed by atoms with Gasteiger partial charge in [-0.05, 0) is 38.1 Å². The lowest BCUT2D eigenvalue weighted by Gasteiger charge is -2.14. The molecule has 1 unspecified atom stereocenters. The smallest absolute Gasteiger partial charge is 0.333 e. The molecule has 0 saturated carbocycles. The van der Waals surface area contributed by atoms with Gasteiger partial charge in [0.2, 0.25) is 0 Å². The Morgan fingerprint density at radius 3 is 2.50 bits per heavy atom. The third-order valence-electron chi connectivity index (χ3n) is 1.92. The van der Waals surface area contributed by atoms with Gasteiger partial charge in [0, 0.05) is 11.4 Å². The molecule has 1 aromatic carbocycles. The molecule has 1 atom stereocenters. The maximum absolute atomic E-state index is 11.5. The Bertz CT molecular complexity index is 385. The van der Waals surface area contributed by atoms with Gasteiger partial charge in [0.25, 0.3) is 0 Å². The van der Waals surface area contributed by atoms with E-state index in [9.17, 15) is 4.79 Å². The molecule has 0 aromatic heterocycles. The Morgan fingerprint density at radius 2 is 2.00 bits per heavy atom. The van der Waals surface area contributed by atoms with Crippen molar-refractivity contribution in [1.82, 2.24) is 0 Å². The fourth-order valence-electron chi connectivity index (χ4n) is 1.15. The number of allylic oxidation sites excluding steroid dienone is 1. The van der Waals surface area contributed by atoms with Gasteiger partial charge < -0.3 is 15.8 Å². The molecule has 1 rings (SSSR count). The summed E-state index contributed by atoms with van der Waals surface area (Å²) >= 11 is 0. The van der Waals surface area contributed by atoms with Crippen molar-refractivity contribution in [3.8, 4) is 0 Å². The highest BCUT2D eigenvalue weighted by molar-refractivity contribution is 5.79. The molecule has 0 bridgehead atoms. The van der Waals surface area contributed by atoms with Crippen LogP contribution in [0, 0.1) is 0 Å². The molecule has 1 aromatic rings. The lowest BCUT2D eigenvalue weighted by atomic mass is 10.2. The van der Waals surface area contributed by atoms with Crippen molar-refractivity contribution in [3.63, 3.8) is 0 Å². The number of anilines is 2. The predicted molar refractivity (Wildman–Crippen MR) is 64.8 cm³/mol. The van der Waals surface area contributed by atoms with Crippen LogP contribution in [0.4, 0.5) is 11.4 Å². The molecule has 0 aliphatic heterocycles. The van der Waals surface area contributed by atoms with Crippen LogP contribution in [0.25, 0.3) is 0 Å². The molecule has 0 radical (unpaired) electrons. The van der Waals surface area contributed by atoms with E-state index in [-0.39, 0.29) is 5.97 Å². The standard InChI is InChI=1S/C12H16N2O2/c1-8(2)16-12(15)9(3)14-11-6-4-10(13)5-7-11/h4-7,9,14H,1,13H2,2-3H3. The van der Waals surface area contributed by atoms with Crippen LogP contribution in [0.3, 0.4) is 0 Å². The maximum atomic E-state index is 11.5. The van der Waals surface area contributed by atoms with Crippen LogP contribution in [0.1, 0.15) is 13.8 Å². The summed E-state index contributed by atoms with van der Waals surface area (Å²) in [6.07, 6.45) is 0. The van der Waals surface area contributed by atoms with E-state index in [4.69, 9.17) is 10.5 Å². The highest BCUT2D eigenvalue weighted by Crippen LogP contribution is 2.12. The van der Waals surface area contributed by atoms with Gasteiger partial charge in [-0.2, -0.15) is 0 Å². The van der Waals surface area contributed by atoms with Gasteiger partial charge in [0.1, 0.15) is 6.04 Å². The average Bonchev–Trinajstić information content (AvgIpc) is 2.20. The van der Waals surface area contributed by atoms with Crippen LogP contribution in [0.2, 0.25) is 0 Å². The summed E-state index contributed by atoms with van der Waals surface area (Å²) in [7, 11) is 0. The Balaban J connectivity index is 2.57. The third kappa shape index (κ3) is 3.65. The number of carbonyl (C=O) groups is 1. The van der Waals surface area contributed by atoms with Crippen LogP contribution >= 0.6 is 0 Å². The zero-order valence-electron chi connectivity index (χ0n) is 9.49. The molecular weight excluding hydrogens is 204 g/mol. The maximum Gasteiger partial charge on any atom is 0.333 e. The first kappa shape index (κ1) is 12.1. The molecule has 3 N–H and O–H groups in total. The number of ether oxygens (including phenoxy) is 1. The number of esters is 1. The summed E-state index contributed by atoms with van der Waals surface area (Å²) < 4.78 is 4.89. The van der Waals surface area contributed by atoms with Crippen LogP contribution in [-0.2, 0) is 9.53 Å². The molecule has 4 heteroatoms. The Morgan fingerprint density at radius 1 is 1.44 bits per heavy atom. The van der Waals surface area contributed by atoms with Crippen LogP contribution in [0.5, 0.6) is 0 Å². The second kappa shape index (κ2) is 5.21. The van der Waals surface area contributed by atoms with E-state index >= 15 is 0 Å². The summed E-state index contributed by atoms with van der Waals surface area (Å²) in [5, 5.41) is 3.00. The molecule has 0 saturated heterocycles.